The first-order valence-corrected chi connectivity index (χ1v) is 8.66. The fraction of sp³-hybridized carbons (Fsp3) is 0.611. The lowest BCUT2D eigenvalue weighted by Gasteiger charge is -2.31. The predicted molar refractivity (Wildman–Crippen MR) is 90.6 cm³/mol. The van der Waals surface area contributed by atoms with Crippen molar-refractivity contribution in [1.29, 1.82) is 0 Å². The Morgan fingerprint density at radius 2 is 1.74 bits per heavy atom. The van der Waals surface area contributed by atoms with Crippen LogP contribution in [0.2, 0.25) is 0 Å². The monoisotopic (exact) mass is 315 g/mol. The molecule has 1 saturated carbocycles. The molecule has 2 fully saturated rings. The minimum atomic E-state index is 0.537. The van der Waals surface area contributed by atoms with Crippen molar-refractivity contribution >= 4 is 11.0 Å². The Morgan fingerprint density at radius 3 is 2.35 bits per heavy atom. The minimum Gasteiger partial charge on any atom is -0.493 e. The van der Waals surface area contributed by atoms with E-state index < -0.39 is 0 Å². The van der Waals surface area contributed by atoms with Crippen molar-refractivity contribution < 1.29 is 9.47 Å². The molecule has 0 atom stereocenters. The third kappa shape index (κ3) is 2.47. The van der Waals surface area contributed by atoms with E-state index in [4.69, 9.17) is 14.5 Å². The van der Waals surface area contributed by atoms with Gasteiger partial charge in [0.15, 0.2) is 11.5 Å². The molecule has 5 nitrogen and oxygen atoms in total. The maximum atomic E-state index is 5.52. The number of methoxy groups -OCH3 is 2. The Hall–Kier alpha value is -1.75. The van der Waals surface area contributed by atoms with Crippen molar-refractivity contribution in [1.82, 2.24) is 14.9 Å². The third-order valence-electron chi connectivity index (χ3n) is 5.37. The number of rotatable bonds is 4. The molecule has 2 aromatic rings. The van der Waals surface area contributed by atoms with Crippen LogP contribution >= 0.6 is 0 Å². The van der Waals surface area contributed by atoms with Gasteiger partial charge in [0.1, 0.15) is 5.82 Å². The summed E-state index contributed by atoms with van der Waals surface area (Å²) in [5, 5.41) is 3.46. The van der Waals surface area contributed by atoms with Crippen molar-refractivity contribution in [2.75, 3.05) is 27.3 Å². The van der Waals surface area contributed by atoms with Gasteiger partial charge in [-0.25, -0.2) is 4.98 Å². The second kappa shape index (κ2) is 6.04. The summed E-state index contributed by atoms with van der Waals surface area (Å²) in [6, 6.07) is 4.66. The molecule has 0 spiro atoms. The number of fused-ring (bicyclic) bond motifs is 1. The molecule has 0 bridgehead atoms. The van der Waals surface area contributed by atoms with Gasteiger partial charge in [0.25, 0.3) is 0 Å². The number of piperidine rings is 1. The molecule has 1 aromatic heterocycles. The summed E-state index contributed by atoms with van der Waals surface area (Å²) in [4.78, 5) is 5.00. The number of imidazole rings is 1. The van der Waals surface area contributed by atoms with Crippen molar-refractivity contribution in [2.24, 2.45) is 0 Å². The highest BCUT2D eigenvalue weighted by Gasteiger charge is 2.30. The van der Waals surface area contributed by atoms with Crippen molar-refractivity contribution in [3.8, 4) is 11.5 Å². The molecule has 1 N–H and O–H groups in total. The SMILES string of the molecule is COc1cc2nc(C3CCC3)n(C3CCNCC3)c2cc1OC. The number of ether oxygens (including phenoxy) is 2. The molecule has 0 radical (unpaired) electrons. The Kier molecular flexibility index (Phi) is 3.89. The van der Waals surface area contributed by atoms with E-state index in [2.05, 4.69) is 16.0 Å². The van der Waals surface area contributed by atoms with Gasteiger partial charge in [-0.15, -0.1) is 0 Å². The molecule has 5 heteroatoms. The van der Waals surface area contributed by atoms with Crippen LogP contribution in [-0.4, -0.2) is 36.9 Å². The number of nitrogens with one attached hydrogen (secondary N) is 1. The highest BCUT2D eigenvalue weighted by Crippen LogP contribution is 2.42. The third-order valence-corrected chi connectivity index (χ3v) is 5.37. The predicted octanol–water partition coefficient (Wildman–Crippen LogP) is 3.25. The maximum Gasteiger partial charge on any atom is 0.163 e. The molecular formula is C18H25N3O2. The Bertz CT molecular complexity index is 700. The average Bonchev–Trinajstić information content (AvgIpc) is 2.90. The Morgan fingerprint density at radius 1 is 1.04 bits per heavy atom. The minimum absolute atomic E-state index is 0.537. The van der Waals surface area contributed by atoms with Crippen LogP contribution in [0, 0.1) is 0 Å². The largest absolute Gasteiger partial charge is 0.493 e. The average molecular weight is 315 g/mol. The zero-order chi connectivity index (χ0) is 15.8. The highest BCUT2D eigenvalue weighted by atomic mass is 16.5. The highest BCUT2D eigenvalue weighted by molar-refractivity contribution is 5.81. The number of hydrogen-bond donors (Lipinski definition) is 1. The molecule has 1 aliphatic heterocycles. The van der Waals surface area contributed by atoms with Gasteiger partial charge in [-0.2, -0.15) is 0 Å². The van der Waals surface area contributed by atoms with Crippen LogP contribution in [0.25, 0.3) is 11.0 Å². The molecule has 1 saturated heterocycles. The molecule has 2 heterocycles. The maximum absolute atomic E-state index is 5.52. The second-order valence-electron chi connectivity index (χ2n) is 6.64. The summed E-state index contributed by atoms with van der Waals surface area (Å²) < 4.78 is 13.5. The lowest BCUT2D eigenvalue weighted by molar-refractivity contribution is 0.331. The summed E-state index contributed by atoms with van der Waals surface area (Å²) >= 11 is 0. The molecule has 23 heavy (non-hydrogen) atoms. The van der Waals surface area contributed by atoms with Crippen LogP contribution in [0.4, 0.5) is 0 Å². The van der Waals surface area contributed by atoms with Gasteiger partial charge >= 0.3 is 0 Å². The lowest BCUT2D eigenvalue weighted by Crippen LogP contribution is -2.31. The van der Waals surface area contributed by atoms with E-state index in [-0.39, 0.29) is 0 Å². The van der Waals surface area contributed by atoms with Gasteiger partial charge in [-0.3, -0.25) is 0 Å². The molecule has 124 valence electrons. The summed E-state index contributed by atoms with van der Waals surface area (Å²) in [6.45, 7) is 2.17. The topological polar surface area (TPSA) is 48.3 Å². The van der Waals surface area contributed by atoms with Crippen molar-refractivity contribution in [3.63, 3.8) is 0 Å². The van der Waals surface area contributed by atoms with Gasteiger partial charge in [0, 0.05) is 24.1 Å². The zero-order valence-electron chi connectivity index (χ0n) is 14.0. The smallest absolute Gasteiger partial charge is 0.163 e. The molecule has 0 amide bonds. The first-order chi connectivity index (χ1) is 11.3. The quantitative estimate of drug-likeness (QED) is 0.941. The van der Waals surface area contributed by atoms with Crippen LogP contribution in [0.3, 0.4) is 0 Å². The summed E-state index contributed by atoms with van der Waals surface area (Å²) in [6.07, 6.45) is 6.19. The number of aromatic nitrogens is 2. The summed E-state index contributed by atoms with van der Waals surface area (Å²) in [7, 11) is 3.38. The van der Waals surface area contributed by atoms with E-state index in [1.807, 2.05) is 6.07 Å². The first kappa shape index (κ1) is 14.8. The summed E-state index contributed by atoms with van der Waals surface area (Å²) in [5.74, 6) is 3.44. The number of hydrogen-bond acceptors (Lipinski definition) is 4. The zero-order valence-corrected chi connectivity index (χ0v) is 14.0. The van der Waals surface area contributed by atoms with E-state index >= 15 is 0 Å². The standard InChI is InChI=1S/C18H25N3O2/c1-22-16-10-14-15(11-17(16)23-2)21(13-6-8-19-9-7-13)18(20-14)12-4-3-5-12/h10-13,19H,3-9H2,1-2H3. The van der Waals surface area contributed by atoms with Crippen LogP contribution in [-0.2, 0) is 0 Å². The molecule has 2 aliphatic rings. The lowest BCUT2D eigenvalue weighted by atomic mass is 9.84. The number of nitrogens with zero attached hydrogens (tertiary/aromatic N) is 2. The van der Waals surface area contributed by atoms with E-state index in [1.165, 1.54) is 43.4 Å². The molecule has 0 unspecified atom stereocenters. The molecular weight excluding hydrogens is 290 g/mol. The van der Waals surface area contributed by atoms with E-state index in [0.717, 1.165) is 30.1 Å². The van der Waals surface area contributed by atoms with Gasteiger partial charge in [0.2, 0.25) is 0 Å². The fourth-order valence-electron chi connectivity index (χ4n) is 3.84. The van der Waals surface area contributed by atoms with E-state index in [9.17, 15) is 0 Å². The van der Waals surface area contributed by atoms with Gasteiger partial charge < -0.3 is 19.4 Å². The van der Waals surface area contributed by atoms with Gasteiger partial charge in [0.05, 0.1) is 25.3 Å². The van der Waals surface area contributed by atoms with Gasteiger partial charge in [-0.1, -0.05) is 6.42 Å². The van der Waals surface area contributed by atoms with Crippen molar-refractivity contribution in [3.05, 3.63) is 18.0 Å². The number of benzene rings is 1. The van der Waals surface area contributed by atoms with Crippen molar-refractivity contribution in [2.45, 2.75) is 44.1 Å². The Labute approximate surface area is 137 Å². The van der Waals surface area contributed by atoms with Crippen LogP contribution in [0.5, 0.6) is 11.5 Å². The summed E-state index contributed by atoms with van der Waals surface area (Å²) in [5.41, 5.74) is 2.22. The Balaban J connectivity index is 1.87. The molecule has 4 rings (SSSR count). The molecule has 1 aliphatic carbocycles. The van der Waals surface area contributed by atoms with E-state index in [1.54, 1.807) is 14.2 Å². The normalized spacial score (nSPS) is 19.7. The van der Waals surface area contributed by atoms with E-state index in [0.29, 0.717) is 12.0 Å². The van der Waals surface area contributed by atoms with Crippen LogP contribution in [0.1, 0.15) is 49.9 Å². The fourth-order valence-corrected chi connectivity index (χ4v) is 3.84. The van der Waals surface area contributed by atoms with Crippen LogP contribution < -0.4 is 14.8 Å². The van der Waals surface area contributed by atoms with Crippen LogP contribution in [0.15, 0.2) is 12.1 Å². The first-order valence-electron chi connectivity index (χ1n) is 8.66. The second-order valence-corrected chi connectivity index (χ2v) is 6.64. The van der Waals surface area contributed by atoms with Gasteiger partial charge in [-0.05, 0) is 38.8 Å². The molecule has 1 aromatic carbocycles.